The second-order valence-electron chi connectivity index (χ2n) is 9.68. The number of anilines is 2. The maximum atomic E-state index is 11.7. The molecule has 9 heteroatoms. The third-order valence-electron chi connectivity index (χ3n) is 7.24. The van der Waals surface area contributed by atoms with Crippen molar-refractivity contribution in [2.24, 2.45) is 0 Å². The zero-order valence-electron chi connectivity index (χ0n) is 20.6. The number of aryl methyl sites for hydroxylation is 1. The Morgan fingerprint density at radius 3 is 2.69 bits per heavy atom. The molecular weight excluding hydrogens is 452 g/mol. The maximum Gasteiger partial charge on any atom is 0.217 e. The lowest BCUT2D eigenvalue weighted by Crippen LogP contribution is -2.44. The van der Waals surface area contributed by atoms with Crippen LogP contribution >= 0.6 is 0 Å². The quantitative estimate of drug-likeness (QED) is 0.461. The predicted molar refractivity (Wildman–Crippen MR) is 141 cm³/mol. The summed E-state index contributed by atoms with van der Waals surface area (Å²) in [6.45, 7) is 5.47. The number of carbonyl (C=O) groups excluding carboxylic acids is 1. The molecule has 3 N–H and O–H groups in total. The number of hydrogen-bond donors (Lipinski definition) is 2. The molecular formula is C27H30N8O. The summed E-state index contributed by atoms with van der Waals surface area (Å²) in [5.74, 6) is 2.09. The summed E-state index contributed by atoms with van der Waals surface area (Å²) in [7, 11) is 2.15. The normalized spacial score (nSPS) is 17.9. The molecule has 9 nitrogen and oxygen atoms in total. The molecule has 3 aromatic heterocycles. The Balaban J connectivity index is 1.50. The average molecular weight is 483 g/mol. The van der Waals surface area contributed by atoms with Crippen molar-refractivity contribution in [3.05, 3.63) is 59.8 Å². The number of piperazine rings is 1. The SMILES string of the molecule is CC(=O)N[C@H]1CCc2cc(-n3c(-c4cccnc4N)nc4ccc(N5CCN(C)CC5)nc43)ccc21. The van der Waals surface area contributed by atoms with Crippen LogP contribution < -0.4 is 16.0 Å². The first-order valence-electron chi connectivity index (χ1n) is 12.4. The molecule has 1 amide bonds. The lowest BCUT2D eigenvalue weighted by atomic mass is 10.1. The molecule has 1 saturated heterocycles. The number of nitrogens with zero attached hydrogens (tertiary/aromatic N) is 6. The molecule has 4 aromatic rings. The number of amides is 1. The summed E-state index contributed by atoms with van der Waals surface area (Å²) in [5.41, 5.74) is 12.0. The number of imidazole rings is 1. The van der Waals surface area contributed by atoms with E-state index >= 15 is 0 Å². The number of hydrogen-bond acceptors (Lipinski definition) is 7. The number of carbonyl (C=O) groups is 1. The molecule has 1 atom stereocenters. The first-order valence-corrected chi connectivity index (χ1v) is 12.4. The molecule has 0 saturated carbocycles. The standard InChI is InChI=1S/C27H30N8O/c1-17(36)30-22-8-5-18-16-19(6-7-20(18)22)35-26(21-4-3-11-29-25(21)28)31-23-9-10-24(32-27(23)35)34-14-12-33(2)13-15-34/h3-4,6-7,9-11,16,22H,5,8,12-15H2,1-2H3,(H2,28,29)(H,30,36)/t22-/m0/s1. The van der Waals surface area contributed by atoms with E-state index in [1.165, 1.54) is 11.1 Å². The van der Waals surface area contributed by atoms with Crippen molar-refractivity contribution < 1.29 is 4.79 Å². The lowest BCUT2D eigenvalue weighted by Gasteiger charge is -2.33. The van der Waals surface area contributed by atoms with E-state index in [9.17, 15) is 4.79 Å². The fourth-order valence-corrected chi connectivity index (χ4v) is 5.33. The Kier molecular flexibility index (Phi) is 5.56. The van der Waals surface area contributed by atoms with Crippen molar-refractivity contribution in [1.29, 1.82) is 0 Å². The minimum Gasteiger partial charge on any atom is -0.383 e. The Morgan fingerprint density at radius 2 is 1.92 bits per heavy atom. The molecule has 0 spiro atoms. The number of nitrogens with one attached hydrogen (secondary N) is 1. The first kappa shape index (κ1) is 22.5. The van der Waals surface area contributed by atoms with Crippen LogP contribution in [0.2, 0.25) is 0 Å². The van der Waals surface area contributed by atoms with Gasteiger partial charge in [0, 0.05) is 45.0 Å². The second-order valence-corrected chi connectivity index (χ2v) is 9.68. The van der Waals surface area contributed by atoms with Gasteiger partial charge in [0.1, 0.15) is 17.2 Å². The van der Waals surface area contributed by atoms with Crippen molar-refractivity contribution in [3.8, 4) is 17.1 Å². The monoisotopic (exact) mass is 482 g/mol. The van der Waals surface area contributed by atoms with Gasteiger partial charge in [0.25, 0.3) is 0 Å². The molecule has 1 aromatic carbocycles. The highest BCUT2D eigenvalue weighted by Crippen LogP contribution is 2.36. The minimum atomic E-state index is -0.00694. The summed E-state index contributed by atoms with van der Waals surface area (Å²) in [6.07, 6.45) is 3.50. The highest BCUT2D eigenvalue weighted by Gasteiger charge is 2.25. The number of pyridine rings is 2. The van der Waals surface area contributed by atoms with Gasteiger partial charge >= 0.3 is 0 Å². The Morgan fingerprint density at radius 1 is 1.08 bits per heavy atom. The number of rotatable bonds is 4. The van der Waals surface area contributed by atoms with Gasteiger partial charge in [-0.05, 0) is 67.4 Å². The predicted octanol–water partition coefficient (Wildman–Crippen LogP) is 2.94. The van der Waals surface area contributed by atoms with Crippen LogP contribution in [0.3, 0.4) is 0 Å². The molecule has 1 aliphatic heterocycles. The van der Waals surface area contributed by atoms with E-state index in [-0.39, 0.29) is 11.9 Å². The van der Waals surface area contributed by atoms with Crippen molar-refractivity contribution in [3.63, 3.8) is 0 Å². The highest BCUT2D eigenvalue weighted by atomic mass is 16.1. The summed E-state index contributed by atoms with van der Waals surface area (Å²) < 4.78 is 2.09. The van der Waals surface area contributed by atoms with E-state index in [0.29, 0.717) is 5.82 Å². The topological polar surface area (TPSA) is 105 Å². The van der Waals surface area contributed by atoms with Gasteiger partial charge in [-0.2, -0.15) is 0 Å². The van der Waals surface area contributed by atoms with Crippen molar-refractivity contribution in [2.45, 2.75) is 25.8 Å². The molecule has 184 valence electrons. The summed E-state index contributed by atoms with van der Waals surface area (Å²) in [5, 5.41) is 3.07. The van der Waals surface area contributed by atoms with Gasteiger partial charge in [0.15, 0.2) is 11.5 Å². The molecule has 0 radical (unpaired) electrons. The zero-order valence-corrected chi connectivity index (χ0v) is 20.6. The number of fused-ring (bicyclic) bond motifs is 2. The third kappa shape index (κ3) is 3.95. The second kappa shape index (κ2) is 8.91. The first-order chi connectivity index (χ1) is 17.5. The van der Waals surface area contributed by atoms with Crippen LogP contribution in [0, 0.1) is 0 Å². The van der Waals surface area contributed by atoms with Gasteiger partial charge in [0.2, 0.25) is 5.91 Å². The molecule has 2 aliphatic rings. The van der Waals surface area contributed by atoms with E-state index in [4.69, 9.17) is 15.7 Å². The Labute approximate surface area is 210 Å². The van der Waals surface area contributed by atoms with Crippen LogP contribution in [0.25, 0.3) is 28.2 Å². The van der Waals surface area contributed by atoms with Gasteiger partial charge in [0.05, 0.1) is 11.6 Å². The summed E-state index contributed by atoms with van der Waals surface area (Å²) >= 11 is 0. The smallest absolute Gasteiger partial charge is 0.217 e. The van der Waals surface area contributed by atoms with Crippen LogP contribution in [0.4, 0.5) is 11.6 Å². The van der Waals surface area contributed by atoms with Gasteiger partial charge in [-0.25, -0.2) is 15.0 Å². The van der Waals surface area contributed by atoms with E-state index in [1.54, 1.807) is 13.1 Å². The van der Waals surface area contributed by atoms with Crippen molar-refractivity contribution in [1.82, 2.24) is 29.7 Å². The van der Waals surface area contributed by atoms with Gasteiger partial charge in [-0.15, -0.1) is 0 Å². The number of nitrogen functional groups attached to an aromatic ring is 1. The van der Waals surface area contributed by atoms with Gasteiger partial charge < -0.3 is 20.9 Å². The number of benzene rings is 1. The minimum absolute atomic E-state index is 0.00694. The van der Waals surface area contributed by atoms with E-state index in [2.05, 4.69) is 56.0 Å². The molecule has 4 heterocycles. The van der Waals surface area contributed by atoms with E-state index in [0.717, 1.165) is 73.1 Å². The van der Waals surface area contributed by atoms with Crippen molar-refractivity contribution in [2.75, 3.05) is 43.9 Å². The fourth-order valence-electron chi connectivity index (χ4n) is 5.33. The van der Waals surface area contributed by atoms with Crippen LogP contribution in [0.15, 0.2) is 48.7 Å². The average Bonchev–Trinajstić information content (AvgIpc) is 3.45. The van der Waals surface area contributed by atoms with Crippen LogP contribution in [0.1, 0.15) is 30.5 Å². The van der Waals surface area contributed by atoms with Gasteiger partial charge in [-0.3, -0.25) is 9.36 Å². The number of nitrogens with two attached hydrogens (primary N) is 1. The number of aromatic nitrogens is 4. The van der Waals surface area contributed by atoms with E-state index < -0.39 is 0 Å². The van der Waals surface area contributed by atoms with Crippen molar-refractivity contribution >= 4 is 28.7 Å². The molecule has 6 rings (SSSR count). The van der Waals surface area contributed by atoms with Crippen LogP contribution in [0.5, 0.6) is 0 Å². The van der Waals surface area contributed by atoms with Gasteiger partial charge in [-0.1, -0.05) is 6.07 Å². The van der Waals surface area contributed by atoms with Crippen LogP contribution in [-0.4, -0.2) is 63.6 Å². The largest absolute Gasteiger partial charge is 0.383 e. The molecule has 0 bridgehead atoms. The fraction of sp³-hybridized carbons (Fsp3) is 0.333. The molecule has 1 fully saturated rings. The lowest BCUT2D eigenvalue weighted by molar-refractivity contribution is -0.119. The highest BCUT2D eigenvalue weighted by molar-refractivity contribution is 5.84. The van der Waals surface area contributed by atoms with E-state index in [1.807, 2.05) is 18.2 Å². The van der Waals surface area contributed by atoms with Crippen LogP contribution in [-0.2, 0) is 11.2 Å². The Bertz CT molecular complexity index is 1450. The summed E-state index contributed by atoms with van der Waals surface area (Å²) in [6, 6.07) is 14.4. The third-order valence-corrected chi connectivity index (χ3v) is 7.24. The molecule has 36 heavy (non-hydrogen) atoms. The zero-order chi connectivity index (χ0) is 24.8. The number of likely N-dealkylation sites (N-methyl/N-ethyl adjacent to an activating group) is 1. The molecule has 1 aliphatic carbocycles. The maximum absolute atomic E-state index is 11.7. The molecule has 0 unspecified atom stereocenters. The Hall–Kier alpha value is -3.98. The summed E-state index contributed by atoms with van der Waals surface area (Å²) in [4.78, 5) is 30.7.